The molecule has 7 heteroatoms. The number of hydrogen-bond acceptors (Lipinski definition) is 5. The van der Waals surface area contributed by atoms with Gasteiger partial charge in [0.25, 0.3) is 5.91 Å². The summed E-state index contributed by atoms with van der Waals surface area (Å²) in [6.07, 6.45) is 1.78. The largest absolute Gasteiger partial charge is 0.545 e. The summed E-state index contributed by atoms with van der Waals surface area (Å²) < 4.78 is 1.37. The van der Waals surface area contributed by atoms with E-state index in [2.05, 4.69) is 15.9 Å². The van der Waals surface area contributed by atoms with E-state index < -0.39 is 5.97 Å². The smallest absolute Gasteiger partial charge is 0.270 e. The van der Waals surface area contributed by atoms with Crippen LogP contribution in [-0.4, -0.2) is 16.2 Å². The molecule has 0 bridgehead atoms. The van der Waals surface area contributed by atoms with Crippen molar-refractivity contribution in [3.8, 4) is 0 Å². The number of rotatable bonds is 3. The summed E-state index contributed by atoms with van der Waals surface area (Å²) in [4.78, 5) is 25.3. The van der Waals surface area contributed by atoms with Crippen molar-refractivity contribution in [1.82, 2.24) is 0 Å². The van der Waals surface area contributed by atoms with Crippen LogP contribution in [0, 0.1) is 0 Å². The Morgan fingerprint density at radius 1 is 1.12 bits per heavy atom. The molecule has 0 aromatic heterocycles. The molecule has 1 saturated heterocycles. The molecular weight excluding hydrogens is 410 g/mol. The molecule has 0 unspecified atom stereocenters. The number of nitrogens with zero attached hydrogens (tertiary/aromatic N) is 1. The van der Waals surface area contributed by atoms with Gasteiger partial charge in [-0.1, -0.05) is 64.2 Å². The third-order valence-corrected chi connectivity index (χ3v) is 5.15. The van der Waals surface area contributed by atoms with Crippen LogP contribution in [0.25, 0.3) is 6.08 Å². The number of anilines is 1. The van der Waals surface area contributed by atoms with Crippen LogP contribution in [0.4, 0.5) is 5.69 Å². The van der Waals surface area contributed by atoms with Crippen molar-refractivity contribution in [3.05, 3.63) is 69.0 Å². The van der Waals surface area contributed by atoms with Gasteiger partial charge in [0.05, 0.1) is 16.6 Å². The van der Waals surface area contributed by atoms with Crippen molar-refractivity contribution in [2.24, 2.45) is 0 Å². The van der Waals surface area contributed by atoms with Crippen molar-refractivity contribution >= 4 is 67.9 Å². The molecule has 24 heavy (non-hydrogen) atoms. The molecule has 1 fully saturated rings. The summed E-state index contributed by atoms with van der Waals surface area (Å²) in [5.74, 6) is -1.49. The second-order valence-corrected chi connectivity index (χ2v) is 7.49. The highest BCUT2D eigenvalue weighted by Gasteiger charge is 2.33. The minimum absolute atomic E-state index is 0.0506. The fourth-order valence-electron chi connectivity index (χ4n) is 2.15. The molecule has 2 aromatic carbocycles. The first-order valence-electron chi connectivity index (χ1n) is 6.80. The molecule has 1 aliphatic heterocycles. The lowest BCUT2D eigenvalue weighted by molar-refractivity contribution is -0.255. The number of thioether (sulfide) groups is 1. The van der Waals surface area contributed by atoms with E-state index in [1.54, 1.807) is 18.2 Å². The van der Waals surface area contributed by atoms with Crippen LogP contribution in [0.3, 0.4) is 0 Å². The van der Waals surface area contributed by atoms with Gasteiger partial charge in [0, 0.05) is 4.47 Å². The topological polar surface area (TPSA) is 60.4 Å². The number of halogens is 1. The quantitative estimate of drug-likeness (QED) is 0.565. The van der Waals surface area contributed by atoms with E-state index in [1.807, 2.05) is 24.3 Å². The first kappa shape index (κ1) is 16.9. The maximum Gasteiger partial charge on any atom is 0.270 e. The number of aromatic carboxylic acids is 1. The average molecular weight is 419 g/mol. The highest BCUT2D eigenvalue weighted by Crippen LogP contribution is 2.36. The van der Waals surface area contributed by atoms with Crippen LogP contribution in [-0.2, 0) is 4.79 Å². The summed E-state index contributed by atoms with van der Waals surface area (Å²) in [5.41, 5.74) is 1.47. The van der Waals surface area contributed by atoms with E-state index in [0.29, 0.717) is 14.9 Å². The van der Waals surface area contributed by atoms with Crippen LogP contribution in [0.15, 0.2) is 57.9 Å². The SMILES string of the molecule is O=C([O-])c1ccc(N2C(=O)C(=Cc3ccc(Br)cc3)SC2=S)cc1. The van der Waals surface area contributed by atoms with E-state index in [-0.39, 0.29) is 11.5 Å². The average Bonchev–Trinajstić information content (AvgIpc) is 2.83. The van der Waals surface area contributed by atoms with Gasteiger partial charge in [-0.25, -0.2) is 0 Å². The zero-order chi connectivity index (χ0) is 17.3. The molecule has 120 valence electrons. The number of carbonyl (C=O) groups excluding carboxylic acids is 2. The number of amides is 1. The number of carboxylic acid groups (broad SMARTS) is 1. The van der Waals surface area contributed by atoms with Gasteiger partial charge in [0.15, 0.2) is 4.32 Å². The van der Waals surface area contributed by atoms with Crippen LogP contribution >= 0.6 is 39.9 Å². The fraction of sp³-hybridized carbons (Fsp3) is 0. The molecule has 1 amide bonds. The molecule has 1 aliphatic rings. The van der Waals surface area contributed by atoms with Gasteiger partial charge in [-0.05, 0) is 41.5 Å². The molecule has 0 radical (unpaired) electrons. The predicted octanol–water partition coefficient (Wildman–Crippen LogP) is 3.22. The van der Waals surface area contributed by atoms with Gasteiger partial charge in [-0.3, -0.25) is 9.69 Å². The van der Waals surface area contributed by atoms with Crippen molar-refractivity contribution in [3.63, 3.8) is 0 Å². The predicted molar refractivity (Wildman–Crippen MR) is 101 cm³/mol. The first-order valence-corrected chi connectivity index (χ1v) is 8.82. The van der Waals surface area contributed by atoms with Crippen molar-refractivity contribution in [2.45, 2.75) is 0 Å². The van der Waals surface area contributed by atoms with Crippen LogP contribution in [0.2, 0.25) is 0 Å². The number of hydrogen-bond donors (Lipinski definition) is 0. The molecule has 0 spiro atoms. The second kappa shape index (κ2) is 6.88. The van der Waals surface area contributed by atoms with Gasteiger partial charge < -0.3 is 9.90 Å². The van der Waals surface area contributed by atoms with E-state index >= 15 is 0 Å². The summed E-state index contributed by atoms with van der Waals surface area (Å²) in [7, 11) is 0. The molecular formula is C17H9BrNO3S2-. The monoisotopic (exact) mass is 418 g/mol. The summed E-state index contributed by atoms with van der Waals surface area (Å²) in [5, 5.41) is 10.8. The van der Waals surface area contributed by atoms with Crippen molar-refractivity contribution in [2.75, 3.05) is 4.90 Å². The Morgan fingerprint density at radius 2 is 1.75 bits per heavy atom. The Morgan fingerprint density at radius 3 is 2.33 bits per heavy atom. The standard InChI is InChI=1S/C17H10BrNO3S2/c18-12-5-1-10(2-6-12)9-14-15(20)19(17(23)24-14)13-7-3-11(4-8-13)16(21)22/h1-9H,(H,21,22)/p-1. The maximum atomic E-state index is 12.6. The van der Waals surface area contributed by atoms with Gasteiger partial charge >= 0.3 is 0 Å². The lowest BCUT2D eigenvalue weighted by Gasteiger charge is -2.15. The van der Waals surface area contributed by atoms with Crippen LogP contribution < -0.4 is 10.0 Å². The molecule has 0 saturated carbocycles. The molecule has 1 heterocycles. The van der Waals surface area contributed by atoms with E-state index in [0.717, 1.165) is 10.0 Å². The Bertz CT molecular complexity index is 860. The highest BCUT2D eigenvalue weighted by atomic mass is 79.9. The zero-order valence-corrected chi connectivity index (χ0v) is 15.3. The molecule has 0 atom stereocenters. The molecule has 2 aromatic rings. The maximum absolute atomic E-state index is 12.6. The number of carbonyl (C=O) groups is 2. The zero-order valence-electron chi connectivity index (χ0n) is 12.1. The van der Waals surface area contributed by atoms with E-state index in [1.165, 1.54) is 28.8 Å². The van der Waals surface area contributed by atoms with Gasteiger partial charge in [0.1, 0.15) is 0 Å². The normalized spacial score (nSPS) is 16.0. The minimum atomic E-state index is -1.26. The first-order chi connectivity index (χ1) is 11.5. The Balaban J connectivity index is 1.88. The molecule has 0 aliphatic carbocycles. The van der Waals surface area contributed by atoms with E-state index in [4.69, 9.17) is 12.2 Å². The Kier molecular flexibility index (Phi) is 4.84. The van der Waals surface area contributed by atoms with Crippen LogP contribution in [0.1, 0.15) is 15.9 Å². The summed E-state index contributed by atoms with van der Waals surface area (Å²) in [6.45, 7) is 0. The molecule has 0 N–H and O–H groups in total. The fourth-order valence-corrected chi connectivity index (χ4v) is 3.71. The third-order valence-electron chi connectivity index (χ3n) is 3.32. The lowest BCUT2D eigenvalue weighted by Crippen LogP contribution is -2.28. The lowest BCUT2D eigenvalue weighted by atomic mass is 10.2. The van der Waals surface area contributed by atoms with Crippen molar-refractivity contribution in [1.29, 1.82) is 0 Å². The number of benzene rings is 2. The van der Waals surface area contributed by atoms with E-state index in [9.17, 15) is 14.7 Å². The third kappa shape index (κ3) is 3.43. The Hall–Kier alpha value is -1.96. The molecule has 4 nitrogen and oxygen atoms in total. The van der Waals surface area contributed by atoms with Gasteiger partial charge in [-0.2, -0.15) is 0 Å². The number of thiocarbonyl (C=S) groups is 1. The van der Waals surface area contributed by atoms with Gasteiger partial charge in [-0.15, -0.1) is 0 Å². The summed E-state index contributed by atoms with van der Waals surface area (Å²) in [6, 6.07) is 13.4. The Labute approximate surface area is 156 Å². The van der Waals surface area contributed by atoms with Crippen molar-refractivity contribution < 1.29 is 14.7 Å². The second-order valence-electron chi connectivity index (χ2n) is 4.90. The van der Waals surface area contributed by atoms with Crippen LogP contribution in [0.5, 0.6) is 0 Å². The molecule has 3 rings (SSSR count). The van der Waals surface area contributed by atoms with Gasteiger partial charge in [0.2, 0.25) is 0 Å². The number of carboxylic acids is 1. The summed E-state index contributed by atoms with van der Waals surface area (Å²) >= 11 is 9.87. The highest BCUT2D eigenvalue weighted by molar-refractivity contribution is 9.10. The minimum Gasteiger partial charge on any atom is -0.545 e.